The first-order valence-corrected chi connectivity index (χ1v) is 5.58. The zero-order valence-corrected chi connectivity index (χ0v) is 9.57. The topological polar surface area (TPSA) is 35.2 Å². The molecule has 0 spiro atoms. The molecule has 2 nitrogen and oxygen atoms in total. The second-order valence-corrected chi connectivity index (χ2v) is 4.10. The maximum absolute atomic E-state index is 5.81. The summed E-state index contributed by atoms with van der Waals surface area (Å²) in [7, 11) is 0. The number of hydrogen-bond acceptors (Lipinski definition) is 2. The molecular weight excluding hydrogens is 198 g/mol. The maximum atomic E-state index is 5.81. The summed E-state index contributed by atoms with van der Waals surface area (Å²) in [6, 6.07) is 10.2. The molecule has 16 heavy (non-hydrogen) atoms. The van der Waals surface area contributed by atoms with E-state index < -0.39 is 0 Å². The Kier molecular flexibility index (Phi) is 3.30. The van der Waals surface area contributed by atoms with Crippen LogP contribution in [0.1, 0.15) is 25.3 Å². The number of allylic oxidation sites excluding steroid dienone is 4. The van der Waals surface area contributed by atoms with Crippen LogP contribution in [0.5, 0.6) is 0 Å². The summed E-state index contributed by atoms with van der Waals surface area (Å²) >= 11 is 0. The van der Waals surface area contributed by atoms with Gasteiger partial charge in [0.1, 0.15) is 6.61 Å². The Morgan fingerprint density at radius 2 is 1.94 bits per heavy atom. The predicted octanol–water partition coefficient (Wildman–Crippen LogP) is 3.11. The van der Waals surface area contributed by atoms with Crippen molar-refractivity contribution in [3.05, 3.63) is 59.0 Å². The number of ether oxygens (including phenoxy) is 1. The lowest BCUT2D eigenvalue weighted by molar-refractivity contribution is 0.185. The Balaban J connectivity index is 1.99. The summed E-state index contributed by atoms with van der Waals surface area (Å²) in [5, 5.41) is 0. The zero-order valence-electron chi connectivity index (χ0n) is 9.57. The molecule has 2 heteroatoms. The Morgan fingerprint density at radius 1 is 1.19 bits per heavy atom. The van der Waals surface area contributed by atoms with Gasteiger partial charge in [0.25, 0.3) is 0 Å². The van der Waals surface area contributed by atoms with Gasteiger partial charge in [-0.25, -0.2) is 0 Å². The van der Waals surface area contributed by atoms with Crippen molar-refractivity contribution in [3.8, 4) is 0 Å². The number of hydrogen-bond donors (Lipinski definition) is 1. The van der Waals surface area contributed by atoms with Gasteiger partial charge in [0.15, 0.2) is 0 Å². The fraction of sp³-hybridized carbons (Fsp3) is 0.286. The van der Waals surface area contributed by atoms with Crippen molar-refractivity contribution >= 4 is 0 Å². The van der Waals surface area contributed by atoms with Crippen LogP contribution in [0.2, 0.25) is 0 Å². The molecule has 1 aromatic rings. The first kappa shape index (κ1) is 10.8. The van der Waals surface area contributed by atoms with E-state index in [0.717, 1.165) is 29.9 Å². The second kappa shape index (κ2) is 4.88. The summed E-state index contributed by atoms with van der Waals surface area (Å²) in [6.45, 7) is 2.69. The van der Waals surface area contributed by atoms with E-state index in [4.69, 9.17) is 10.5 Å². The van der Waals surface area contributed by atoms with Crippen LogP contribution in [0.15, 0.2) is 53.4 Å². The summed E-state index contributed by atoms with van der Waals surface area (Å²) in [4.78, 5) is 0. The number of rotatable bonds is 3. The van der Waals surface area contributed by atoms with E-state index in [1.807, 2.05) is 31.2 Å². The molecule has 0 saturated heterocycles. The van der Waals surface area contributed by atoms with E-state index in [0.29, 0.717) is 6.61 Å². The molecule has 0 saturated carbocycles. The molecule has 0 radical (unpaired) electrons. The van der Waals surface area contributed by atoms with Gasteiger partial charge in [0, 0.05) is 12.1 Å². The molecule has 1 aliphatic carbocycles. The molecule has 1 aliphatic rings. The van der Waals surface area contributed by atoms with Gasteiger partial charge in [-0.15, -0.1) is 0 Å². The fourth-order valence-corrected chi connectivity index (χ4v) is 1.82. The van der Waals surface area contributed by atoms with E-state index in [1.54, 1.807) is 0 Å². The molecule has 0 unspecified atom stereocenters. The van der Waals surface area contributed by atoms with Crippen LogP contribution < -0.4 is 5.73 Å². The molecule has 1 aromatic carbocycles. The number of benzene rings is 1. The van der Waals surface area contributed by atoms with Gasteiger partial charge in [-0.3, -0.25) is 0 Å². The van der Waals surface area contributed by atoms with Gasteiger partial charge >= 0.3 is 0 Å². The lowest BCUT2D eigenvalue weighted by Gasteiger charge is -2.17. The Morgan fingerprint density at radius 3 is 2.62 bits per heavy atom. The van der Waals surface area contributed by atoms with Gasteiger partial charge in [0.05, 0.1) is 5.76 Å². The standard InChI is InChI=1S/C14H17NO/c1-11-9-13(15)7-8-14(11)16-10-12-5-3-2-4-6-12/h2-6,9H,7-8,10,15H2,1H3. The lowest BCUT2D eigenvalue weighted by Crippen LogP contribution is -2.06. The van der Waals surface area contributed by atoms with Gasteiger partial charge < -0.3 is 10.5 Å². The zero-order chi connectivity index (χ0) is 11.4. The van der Waals surface area contributed by atoms with Crippen LogP contribution in [0.4, 0.5) is 0 Å². The van der Waals surface area contributed by atoms with Gasteiger partial charge in [-0.1, -0.05) is 30.3 Å². The van der Waals surface area contributed by atoms with E-state index in [1.165, 1.54) is 5.56 Å². The van der Waals surface area contributed by atoms with Gasteiger partial charge in [-0.2, -0.15) is 0 Å². The molecule has 0 amide bonds. The van der Waals surface area contributed by atoms with E-state index in [9.17, 15) is 0 Å². The Bertz CT molecular complexity index is 418. The Hall–Kier alpha value is -1.70. The van der Waals surface area contributed by atoms with E-state index >= 15 is 0 Å². The molecule has 84 valence electrons. The van der Waals surface area contributed by atoms with Crippen LogP contribution in [-0.2, 0) is 11.3 Å². The summed E-state index contributed by atoms with van der Waals surface area (Å²) in [6.07, 6.45) is 3.83. The van der Waals surface area contributed by atoms with Crippen molar-refractivity contribution < 1.29 is 4.74 Å². The molecular formula is C14H17NO. The summed E-state index contributed by atoms with van der Waals surface area (Å²) in [5.41, 5.74) is 9.07. The molecule has 2 N–H and O–H groups in total. The molecule has 0 heterocycles. The average molecular weight is 215 g/mol. The fourth-order valence-electron chi connectivity index (χ4n) is 1.82. The smallest absolute Gasteiger partial charge is 0.113 e. The minimum atomic E-state index is 0.640. The second-order valence-electron chi connectivity index (χ2n) is 4.10. The quantitative estimate of drug-likeness (QED) is 0.840. The van der Waals surface area contributed by atoms with Crippen molar-refractivity contribution in [2.75, 3.05) is 0 Å². The van der Waals surface area contributed by atoms with Crippen LogP contribution in [0.25, 0.3) is 0 Å². The normalized spacial score (nSPS) is 15.9. The average Bonchev–Trinajstić information content (AvgIpc) is 2.29. The highest BCUT2D eigenvalue weighted by molar-refractivity contribution is 5.28. The minimum absolute atomic E-state index is 0.640. The molecule has 0 aliphatic heterocycles. The maximum Gasteiger partial charge on any atom is 0.113 e. The largest absolute Gasteiger partial charge is 0.493 e. The monoisotopic (exact) mass is 215 g/mol. The van der Waals surface area contributed by atoms with Crippen LogP contribution in [0, 0.1) is 0 Å². The van der Waals surface area contributed by atoms with E-state index in [-0.39, 0.29) is 0 Å². The van der Waals surface area contributed by atoms with Crippen LogP contribution >= 0.6 is 0 Å². The van der Waals surface area contributed by atoms with Gasteiger partial charge in [-0.05, 0) is 30.6 Å². The number of nitrogens with two attached hydrogens (primary N) is 1. The first-order chi connectivity index (χ1) is 7.75. The molecule has 0 fully saturated rings. The highest BCUT2D eigenvalue weighted by Gasteiger charge is 2.09. The van der Waals surface area contributed by atoms with Crippen molar-refractivity contribution in [2.24, 2.45) is 5.73 Å². The minimum Gasteiger partial charge on any atom is -0.493 e. The molecule has 2 rings (SSSR count). The van der Waals surface area contributed by atoms with Crippen LogP contribution in [-0.4, -0.2) is 0 Å². The third-order valence-electron chi connectivity index (χ3n) is 2.74. The lowest BCUT2D eigenvalue weighted by atomic mass is 10.0. The molecule has 0 atom stereocenters. The molecule has 0 aromatic heterocycles. The highest BCUT2D eigenvalue weighted by Crippen LogP contribution is 2.23. The van der Waals surface area contributed by atoms with E-state index in [2.05, 4.69) is 12.1 Å². The SMILES string of the molecule is CC1=C(OCc2ccccc2)CCC(N)=C1. The first-order valence-electron chi connectivity index (χ1n) is 5.58. The van der Waals surface area contributed by atoms with Crippen molar-refractivity contribution in [1.29, 1.82) is 0 Å². The predicted molar refractivity (Wildman–Crippen MR) is 65.4 cm³/mol. The van der Waals surface area contributed by atoms with Crippen molar-refractivity contribution in [3.63, 3.8) is 0 Å². The third-order valence-corrected chi connectivity index (χ3v) is 2.74. The highest BCUT2D eigenvalue weighted by atomic mass is 16.5. The third kappa shape index (κ3) is 2.66. The summed E-state index contributed by atoms with van der Waals surface area (Å²) in [5.74, 6) is 1.07. The van der Waals surface area contributed by atoms with Crippen LogP contribution in [0.3, 0.4) is 0 Å². The summed E-state index contributed by atoms with van der Waals surface area (Å²) < 4.78 is 5.81. The Labute approximate surface area is 96.4 Å². The van der Waals surface area contributed by atoms with Crippen molar-refractivity contribution in [1.82, 2.24) is 0 Å². The van der Waals surface area contributed by atoms with Crippen molar-refractivity contribution in [2.45, 2.75) is 26.4 Å². The molecule has 0 bridgehead atoms. The van der Waals surface area contributed by atoms with Gasteiger partial charge in [0.2, 0.25) is 0 Å².